The Hall–Kier alpha value is -3.46. The Kier molecular flexibility index (Phi) is 5.51. The number of hydrogen-bond acceptors (Lipinski definition) is 7. The third kappa shape index (κ3) is 4.11. The highest BCUT2D eigenvalue weighted by molar-refractivity contribution is 7.98. The Balaban J connectivity index is 1.56. The fraction of sp³-hybridized carbons (Fsp3) is 0.320. The number of nitro groups is 1. The largest absolute Gasteiger partial charge is 0.328 e. The zero-order chi connectivity index (χ0) is 24.0. The maximum absolute atomic E-state index is 13.3. The molecule has 1 aromatic heterocycles. The monoisotopic (exact) mass is 475 g/mol. The van der Waals surface area contributed by atoms with Crippen molar-refractivity contribution < 1.29 is 9.72 Å². The summed E-state index contributed by atoms with van der Waals surface area (Å²) in [5.74, 6) is 1.30. The number of fused-ring (bicyclic) bond motifs is 1. The molecule has 0 bridgehead atoms. The number of nitro benzene ring substituents is 1. The third-order valence-corrected chi connectivity index (χ3v) is 7.21. The Morgan fingerprint density at radius 3 is 2.76 bits per heavy atom. The lowest BCUT2D eigenvalue weighted by molar-refractivity contribution is -0.384. The number of aryl methyl sites for hydroxylation is 1. The van der Waals surface area contributed by atoms with E-state index in [1.54, 1.807) is 10.7 Å². The summed E-state index contributed by atoms with van der Waals surface area (Å²) in [6, 6.07) is 14.1. The van der Waals surface area contributed by atoms with E-state index in [1.807, 2.05) is 18.2 Å². The number of non-ortho nitro benzene ring substituents is 1. The molecule has 0 radical (unpaired) electrons. The van der Waals surface area contributed by atoms with Gasteiger partial charge in [-0.15, -0.1) is 5.10 Å². The molecule has 174 valence electrons. The van der Waals surface area contributed by atoms with E-state index >= 15 is 0 Å². The normalized spacial score (nSPS) is 18.8. The number of ketones is 1. The summed E-state index contributed by atoms with van der Waals surface area (Å²) in [6.45, 7) is 6.22. The van der Waals surface area contributed by atoms with Crippen molar-refractivity contribution in [1.29, 1.82) is 0 Å². The molecule has 9 heteroatoms. The highest BCUT2D eigenvalue weighted by Gasteiger charge is 2.42. The van der Waals surface area contributed by atoms with Crippen molar-refractivity contribution in [2.24, 2.45) is 5.41 Å². The van der Waals surface area contributed by atoms with Crippen LogP contribution in [0.2, 0.25) is 0 Å². The minimum absolute atomic E-state index is 0.0161. The van der Waals surface area contributed by atoms with Crippen LogP contribution < -0.4 is 5.32 Å². The number of anilines is 1. The second-order valence-corrected chi connectivity index (χ2v) is 10.5. The average Bonchev–Trinajstić information content (AvgIpc) is 3.18. The molecule has 0 unspecified atom stereocenters. The van der Waals surface area contributed by atoms with E-state index in [0.717, 1.165) is 11.4 Å². The van der Waals surface area contributed by atoms with E-state index < -0.39 is 11.0 Å². The van der Waals surface area contributed by atoms with Gasteiger partial charge in [-0.1, -0.05) is 62.0 Å². The number of nitrogens with zero attached hydrogens (tertiary/aromatic N) is 4. The Morgan fingerprint density at radius 1 is 1.21 bits per heavy atom. The van der Waals surface area contributed by atoms with Gasteiger partial charge in [-0.3, -0.25) is 14.9 Å². The van der Waals surface area contributed by atoms with Gasteiger partial charge in [0, 0.05) is 35.6 Å². The van der Waals surface area contributed by atoms with Crippen molar-refractivity contribution >= 4 is 29.2 Å². The molecule has 3 aromatic rings. The van der Waals surface area contributed by atoms with Gasteiger partial charge < -0.3 is 5.32 Å². The van der Waals surface area contributed by atoms with Crippen LogP contribution in [0.5, 0.6) is 0 Å². The van der Waals surface area contributed by atoms with Gasteiger partial charge in [-0.25, -0.2) is 4.68 Å². The molecule has 0 saturated carbocycles. The summed E-state index contributed by atoms with van der Waals surface area (Å²) >= 11 is 1.53. The molecule has 1 atom stereocenters. The zero-order valence-corrected chi connectivity index (χ0v) is 20.1. The number of benzene rings is 2. The molecule has 2 heterocycles. The standard InChI is InChI=1S/C25H25N5O3S/c1-15-7-4-5-8-17(15)14-34-24-27-23-26-19-12-25(2,3)13-20(31)21(19)22(29(23)28-24)16-9-6-10-18(11-16)30(32)33/h4-11,22H,12-14H2,1-3H3,(H,26,27,28)/t22-/m0/s1. The van der Waals surface area contributed by atoms with Crippen LogP contribution in [0.3, 0.4) is 0 Å². The van der Waals surface area contributed by atoms with Crippen molar-refractivity contribution in [2.75, 3.05) is 5.32 Å². The van der Waals surface area contributed by atoms with Gasteiger partial charge in [-0.2, -0.15) is 4.98 Å². The predicted octanol–water partition coefficient (Wildman–Crippen LogP) is 5.45. The molecule has 8 nitrogen and oxygen atoms in total. The van der Waals surface area contributed by atoms with E-state index in [2.05, 4.69) is 38.2 Å². The van der Waals surface area contributed by atoms with Crippen LogP contribution in [-0.2, 0) is 10.5 Å². The molecule has 0 fully saturated rings. The summed E-state index contributed by atoms with van der Waals surface area (Å²) in [4.78, 5) is 29.1. The molecule has 1 aliphatic heterocycles. The Bertz CT molecular complexity index is 1340. The van der Waals surface area contributed by atoms with Crippen molar-refractivity contribution in [1.82, 2.24) is 14.8 Å². The van der Waals surface area contributed by atoms with Crippen LogP contribution >= 0.6 is 11.8 Å². The maximum atomic E-state index is 13.3. The number of aromatic nitrogens is 3. The molecular formula is C25H25N5O3S. The number of allylic oxidation sites excluding steroid dienone is 2. The molecule has 0 saturated heterocycles. The number of nitrogens with one attached hydrogen (secondary N) is 1. The minimum atomic E-state index is -0.560. The van der Waals surface area contributed by atoms with E-state index in [0.29, 0.717) is 35.1 Å². The summed E-state index contributed by atoms with van der Waals surface area (Å²) in [5, 5.41) is 20.1. The lowest BCUT2D eigenvalue weighted by Crippen LogP contribution is -2.36. The van der Waals surface area contributed by atoms with Crippen molar-refractivity contribution in [3.63, 3.8) is 0 Å². The summed E-state index contributed by atoms with van der Waals surface area (Å²) in [7, 11) is 0. The van der Waals surface area contributed by atoms with Crippen LogP contribution in [0.4, 0.5) is 11.6 Å². The van der Waals surface area contributed by atoms with E-state index in [4.69, 9.17) is 10.1 Å². The molecule has 34 heavy (non-hydrogen) atoms. The molecule has 1 aliphatic carbocycles. The number of rotatable bonds is 5. The summed E-state index contributed by atoms with van der Waals surface area (Å²) < 4.78 is 1.70. The fourth-order valence-electron chi connectivity index (χ4n) is 4.68. The van der Waals surface area contributed by atoms with Crippen LogP contribution in [-0.4, -0.2) is 25.5 Å². The number of Topliss-reactive ketones (excluding diaryl/α,β-unsaturated/α-hetero) is 1. The Labute approximate surface area is 201 Å². The second-order valence-electron chi connectivity index (χ2n) is 9.59. The average molecular weight is 476 g/mol. The highest BCUT2D eigenvalue weighted by atomic mass is 32.2. The van der Waals surface area contributed by atoms with Crippen molar-refractivity contribution in [3.8, 4) is 0 Å². The van der Waals surface area contributed by atoms with Crippen LogP contribution in [0, 0.1) is 22.5 Å². The summed E-state index contributed by atoms with van der Waals surface area (Å²) in [5.41, 5.74) is 4.31. The number of carbonyl (C=O) groups is 1. The first-order chi connectivity index (χ1) is 16.2. The topological polar surface area (TPSA) is 103 Å². The first-order valence-corrected chi connectivity index (χ1v) is 12.1. The maximum Gasteiger partial charge on any atom is 0.269 e. The van der Waals surface area contributed by atoms with Gasteiger partial charge in [0.25, 0.3) is 5.69 Å². The highest BCUT2D eigenvalue weighted by Crippen LogP contribution is 2.46. The summed E-state index contributed by atoms with van der Waals surface area (Å²) in [6.07, 6.45) is 1.11. The van der Waals surface area contributed by atoms with Crippen molar-refractivity contribution in [2.45, 2.75) is 50.6 Å². The van der Waals surface area contributed by atoms with Gasteiger partial charge in [0.05, 0.1) is 4.92 Å². The molecule has 0 amide bonds. The molecular weight excluding hydrogens is 450 g/mol. The first-order valence-electron chi connectivity index (χ1n) is 11.1. The molecule has 1 N–H and O–H groups in total. The van der Waals surface area contributed by atoms with E-state index in [9.17, 15) is 14.9 Å². The lowest BCUT2D eigenvalue weighted by Gasteiger charge is -2.38. The number of hydrogen-bond donors (Lipinski definition) is 1. The van der Waals surface area contributed by atoms with Crippen molar-refractivity contribution in [3.05, 3.63) is 86.6 Å². The Morgan fingerprint density at radius 2 is 2.00 bits per heavy atom. The van der Waals surface area contributed by atoms with Gasteiger partial charge in [0.15, 0.2) is 5.78 Å². The number of thioether (sulfide) groups is 1. The van der Waals surface area contributed by atoms with E-state index in [-0.39, 0.29) is 16.9 Å². The minimum Gasteiger partial charge on any atom is -0.328 e. The fourth-order valence-corrected chi connectivity index (χ4v) is 5.59. The SMILES string of the molecule is Cc1ccccc1CSc1nc2n(n1)[C@@H](c1cccc([N+](=O)[O-])c1)C1=C(CC(C)(C)CC1=O)N2. The molecule has 2 aliphatic rings. The van der Waals surface area contributed by atoms with Crippen LogP contribution in [0.25, 0.3) is 0 Å². The van der Waals surface area contributed by atoms with Crippen LogP contribution in [0.15, 0.2) is 65.0 Å². The van der Waals surface area contributed by atoms with Crippen LogP contribution in [0.1, 0.15) is 49.4 Å². The molecule has 2 aromatic carbocycles. The number of carbonyl (C=O) groups excluding carboxylic acids is 1. The third-order valence-electron chi connectivity index (χ3n) is 6.33. The van der Waals surface area contributed by atoms with Gasteiger partial charge in [0.1, 0.15) is 6.04 Å². The first kappa shape index (κ1) is 22.3. The smallest absolute Gasteiger partial charge is 0.269 e. The lowest BCUT2D eigenvalue weighted by atomic mass is 9.73. The van der Waals surface area contributed by atoms with Gasteiger partial charge in [0.2, 0.25) is 11.1 Å². The predicted molar refractivity (Wildman–Crippen MR) is 131 cm³/mol. The molecule has 5 rings (SSSR count). The van der Waals surface area contributed by atoms with Gasteiger partial charge >= 0.3 is 0 Å². The zero-order valence-electron chi connectivity index (χ0n) is 19.2. The quantitative estimate of drug-likeness (QED) is 0.297. The van der Waals surface area contributed by atoms with E-state index in [1.165, 1.54) is 35.0 Å². The second kappa shape index (κ2) is 8.39. The molecule has 0 spiro atoms. The van der Waals surface area contributed by atoms with Gasteiger partial charge in [-0.05, 0) is 35.4 Å².